The Morgan fingerprint density at radius 3 is 2.68 bits per heavy atom. The van der Waals surface area contributed by atoms with E-state index in [0.29, 0.717) is 11.5 Å². The lowest BCUT2D eigenvalue weighted by Crippen LogP contribution is -2.36. The first-order valence-electron chi connectivity index (χ1n) is 6.67. The van der Waals surface area contributed by atoms with Gasteiger partial charge in [0, 0.05) is 18.1 Å². The number of nitrogens with zero attached hydrogens (tertiary/aromatic N) is 3. The number of hydrogen-bond donors (Lipinski definition) is 2. The van der Waals surface area contributed by atoms with Crippen molar-refractivity contribution in [2.45, 2.75) is 58.2 Å². The summed E-state index contributed by atoms with van der Waals surface area (Å²) in [6.45, 7) is 5.57. The molecule has 1 fully saturated rings. The summed E-state index contributed by atoms with van der Waals surface area (Å²) in [6.07, 6.45) is 2.96. The third kappa shape index (κ3) is 2.56. The van der Waals surface area contributed by atoms with Gasteiger partial charge in [-0.05, 0) is 40.0 Å². The lowest BCUT2D eigenvalue weighted by atomic mass is 10.2. The molecule has 1 aromatic rings. The Morgan fingerprint density at radius 2 is 2.21 bits per heavy atom. The van der Waals surface area contributed by atoms with Crippen LogP contribution in [0.4, 0.5) is 11.5 Å². The molecule has 19 heavy (non-hydrogen) atoms. The number of anilines is 1. The molecule has 2 rings (SSSR count). The number of nitrogens with one attached hydrogen (secondary N) is 1. The monoisotopic (exact) mass is 267 g/mol. The summed E-state index contributed by atoms with van der Waals surface area (Å²) in [7, 11) is 0. The highest BCUT2D eigenvalue weighted by Crippen LogP contribution is 2.33. The smallest absolute Gasteiger partial charge is 0.333 e. The molecule has 7 nitrogen and oxygen atoms in total. The van der Waals surface area contributed by atoms with Crippen LogP contribution in [0.3, 0.4) is 0 Å². The van der Waals surface area contributed by atoms with Crippen LogP contribution in [0.1, 0.15) is 44.8 Å². The van der Waals surface area contributed by atoms with E-state index in [2.05, 4.69) is 10.4 Å². The van der Waals surface area contributed by atoms with Gasteiger partial charge in [-0.3, -0.25) is 10.1 Å². The van der Waals surface area contributed by atoms with Crippen molar-refractivity contribution in [3.8, 4) is 0 Å². The number of aromatic nitrogens is 2. The lowest BCUT2D eigenvalue weighted by Gasteiger charge is -2.20. The summed E-state index contributed by atoms with van der Waals surface area (Å²) < 4.78 is 1.68. The third-order valence-corrected chi connectivity index (χ3v) is 3.62. The molecule has 0 aliphatic heterocycles. The number of nitro groups is 1. The van der Waals surface area contributed by atoms with Crippen molar-refractivity contribution in [1.82, 2.24) is 9.78 Å². The Bertz CT molecular complexity index is 483. The Labute approximate surface area is 112 Å². The molecule has 0 saturated heterocycles. The zero-order valence-corrected chi connectivity index (χ0v) is 11.6. The second-order valence-corrected chi connectivity index (χ2v) is 5.42. The normalized spacial score (nSPS) is 23.0. The summed E-state index contributed by atoms with van der Waals surface area (Å²) in [4.78, 5) is 10.8. The summed E-state index contributed by atoms with van der Waals surface area (Å²) in [5.41, 5.74) is 6.52. The average molecular weight is 267 g/mol. The van der Waals surface area contributed by atoms with Crippen molar-refractivity contribution < 1.29 is 4.92 Å². The van der Waals surface area contributed by atoms with E-state index in [4.69, 9.17) is 5.73 Å². The van der Waals surface area contributed by atoms with Crippen molar-refractivity contribution in [2.75, 3.05) is 5.32 Å². The maximum Gasteiger partial charge on any atom is 0.333 e. The highest BCUT2D eigenvalue weighted by atomic mass is 16.6. The second-order valence-electron chi connectivity index (χ2n) is 5.42. The molecule has 2 unspecified atom stereocenters. The molecule has 1 aliphatic rings. The van der Waals surface area contributed by atoms with E-state index in [9.17, 15) is 10.1 Å². The minimum Gasteiger partial charge on any atom is -0.360 e. The molecular formula is C12H21N5O2. The van der Waals surface area contributed by atoms with Gasteiger partial charge in [-0.25, -0.2) is 4.68 Å². The first-order valence-corrected chi connectivity index (χ1v) is 6.67. The largest absolute Gasteiger partial charge is 0.360 e. The van der Waals surface area contributed by atoms with Crippen molar-refractivity contribution in [1.29, 1.82) is 0 Å². The number of rotatable bonds is 4. The Morgan fingerprint density at radius 1 is 1.53 bits per heavy atom. The minimum absolute atomic E-state index is 0.0513. The van der Waals surface area contributed by atoms with E-state index in [-0.39, 0.29) is 28.7 Å². The van der Waals surface area contributed by atoms with Crippen LogP contribution in [-0.2, 0) is 0 Å². The predicted molar refractivity (Wildman–Crippen MR) is 73.2 cm³/mol. The second kappa shape index (κ2) is 5.16. The first kappa shape index (κ1) is 13.8. The molecule has 0 radical (unpaired) electrons. The van der Waals surface area contributed by atoms with Crippen LogP contribution < -0.4 is 11.1 Å². The van der Waals surface area contributed by atoms with E-state index in [1.165, 1.54) is 0 Å². The van der Waals surface area contributed by atoms with Gasteiger partial charge in [0.25, 0.3) is 0 Å². The molecule has 3 N–H and O–H groups in total. The summed E-state index contributed by atoms with van der Waals surface area (Å²) in [5.74, 6) is 0.486. The topological polar surface area (TPSA) is 99.0 Å². The van der Waals surface area contributed by atoms with Crippen molar-refractivity contribution in [2.24, 2.45) is 5.73 Å². The van der Waals surface area contributed by atoms with Gasteiger partial charge in [-0.15, -0.1) is 0 Å². The van der Waals surface area contributed by atoms with Gasteiger partial charge in [0.05, 0.1) is 4.92 Å². The fourth-order valence-electron chi connectivity index (χ4n) is 2.61. The minimum atomic E-state index is -0.371. The number of nitrogens with two attached hydrogens (primary N) is 1. The molecule has 7 heteroatoms. The fraction of sp³-hybridized carbons (Fsp3) is 0.750. The van der Waals surface area contributed by atoms with Gasteiger partial charge in [0.15, 0.2) is 0 Å². The van der Waals surface area contributed by atoms with Crippen LogP contribution >= 0.6 is 0 Å². The molecule has 0 spiro atoms. The van der Waals surface area contributed by atoms with Crippen LogP contribution in [-0.4, -0.2) is 26.8 Å². The van der Waals surface area contributed by atoms with Gasteiger partial charge in [-0.1, -0.05) is 0 Å². The molecular weight excluding hydrogens is 246 g/mol. The molecule has 0 amide bonds. The summed E-state index contributed by atoms with van der Waals surface area (Å²) in [5, 5.41) is 18.7. The summed E-state index contributed by atoms with van der Waals surface area (Å²) in [6, 6.07) is 0.204. The zero-order valence-electron chi connectivity index (χ0n) is 11.6. The van der Waals surface area contributed by atoms with Gasteiger partial charge in [0.2, 0.25) is 5.82 Å². The average Bonchev–Trinajstić information content (AvgIpc) is 2.84. The van der Waals surface area contributed by atoms with Crippen LogP contribution in [0, 0.1) is 17.0 Å². The van der Waals surface area contributed by atoms with Gasteiger partial charge >= 0.3 is 5.69 Å². The van der Waals surface area contributed by atoms with E-state index < -0.39 is 0 Å². The molecule has 106 valence electrons. The Hall–Kier alpha value is -1.63. The van der Waals surface area contributed by atoms with E-state index in [0.717, 1.165) is 19.3 Å². The number of aryl methyl sites for hydroxylation is 1. The highest BCUT2D eigenvalue weighted by Gasteiger charge is 2.31. The highest BCUT2D eigenvalue weighted by molar-refractivity contribution is 5.60. The lowest BCUT2D eigenvalue weighted by molar-refractivity contribution is -0.384. The molecule has 2 atom stereocenters. The maximum absolute atomic E-state index is 11.2. The van der Waals surface area contributed by atoms with Gasteiger partial charge in [-0.2, -0.15) is 5.10 Å². The van der Waals surface area contributed by atoms with E-state index in [1.807, 2.05) is 13.8 Å². The molecule has 1 aromatic heterocycles. The molecule has 1 heterocycles. The molecule has 0 aromatic carbocycles. The number of hydrogen-bond acceptors (Lipinski definition) is 5. The van der Waals surface area contributed by atoms with Gasteiger partial charge < -0.3 is 11.1 Å². The predicted octanol–water partition coefficient (Wildman–Crippen LogP) is 1.97. The Balaban J connectivity index is 2.38. The van der Waals surface area contributed by atoms with Crippen molar-refractivity contribution >= 4 is 11.5 Å². The zero-order chi connectivity index (χ0) is 14.2. The fourth-order valence-corrected chi connectivity index (χ4v) is 2.61. The van der Waals surface area contributed by atoms with Crippen LogP contribution in [0.5, 0.6) is 0 Å². The quantitative estimate of drug-likeness (QED) is 0.642. The van der Waals surface area contributed by atoms with Crippen molar-refractivity contribution in [3.63, 3.8) is 0 Å². The van der Waals surface area contributed by atoms with Gasteiger partial charge in [0.1, 0.15) is 5.69 Å². The standard InChI is InChI=1S/C12H21N5O2/c1-7(2)16-12(11(17(18)19)8(3)15-16)14-10-6-4-5-9(10)13/h7,9-10,14H,4-6,13H2,1-3H3. The molecule has 1 aliphatic carbocycles. The Kier molecular flexibility index (Phi) is 3.75. The first-order chi connectivity index (χ1) is 8.91. The summed E-state index contributed by atoms with van der Waals surface area (Å²) >= 11 is 0. The molecule has 1 saturated carbocycles. The van der Waals surface area contributed by atoms with Crippen LogP contribution in [0.15, 0.2) is 0 Å². The van der Waals surface area contributed by atoms with E-state index >= 15 is 0 Å². The van der Waals surface area contributed by atoms with Crippen molar-refractivity contribution in [3.05, 3.63) is 15.8 Å². The third-order valence-electron chi connectivity index (χ3n) is 3.62. The maximum atomic E-state index is 11.2. The van der Waals surface area contributed by atoms with Crippen LogP contribution in [0.2, 0.25) is 0 Å². The SMILES string of the molecule is Cc1nn(C(C)C)c(NC2CCCC2N)c1[N+](=O)[O-]. The van der Waals surface area contributed by atoms with Crippen LogP contribution in [0.25, 0.3) is 0 Å². The van der Waals surface area contributed by atoms with E-state index in [1.54, 1.807) is 11.6 Å². The molecule has 0 bridgehead atoms.